The first-order valence-electron chi connectivity index (χ1n) is 9.00. The number of carbonyl (C=O) groups is 1. The summed E-state index contributed by atoms with van der Waals surface area (Å²) in [5.74, 6) is -0.265. The van der Waals surface area contributed by atoms with Gasteiger partial charge in [-0.1, -0.05) is 6.07 Å². The highest BCUT2D eigenvalue weighted by atomic mass is 19.1. The Bertz CT molecular complexity index is 1010. The number of amides is 1. The van der Waals surface area contributed by atoms with Crippen LogP contribution in [0.3, 0.4) is 0 Å². The molecule has 4 rings (SSSR count). The molecule has 1 aliphatic rings. The molecular formula is C21H20FN3O2. The molecule has 1 N–H and O–H groups in total. The van der Waals surface area contributed by atoms with Crippen molar-refractivity contribution in [3.05, 3.63) is 65.6 Å². The van der Waals surface area contributed by atoms with Crippen molar-refractivity contribution in [3.63, 3.8) is 0 Å². The van der Waals surface area contributed by atoms with Gasteiger partial charge in [0.25, 0.3) is 0 Å². The van der Waals surface area contributed by atoms with Gasteiger partial charge in [-0.05, 0) is 60.9 Å². The molecule has 5 nitrogen and oxygen atoms in total. The summed E-state index contributed by atoms with van der Waals surface area (Å²) in [5.41, 5.74) is 4.55. The highest BCUT2D eigenvalue weighted by Gasteiger charge is 2.25. The molecule has 6 heteroatoms. The monoisotopic (exact) mass is 365 g/mol. The summed E-state index contributed by atoms with van der Waals surface area (Å²) in [6.07, 6.45) is 2.16. The fourth-order valence-electron chi connectivity index (χ4n) is 3.44. The summed E-state index contributed by atoms with van der Waals surface area (Å²) in [6.45, 7) is 3.33. The van der Waals surface area contributed by atoms with Crippen LogP contribution >= 0.6 is 0 Å². The average molecular weight is 365 g/mol. The Morgan fingerprint density at radius 3 is 3.04 bits per heavy atom. The van der Waals surface area contributed by atoms with Gasteiger partial charge in [0.1, 0.15) is 5.82 Å². The zero-order valence-corrected chi connectivity index (χ0v) is 15.0. The minimum absolute atomic E-state index is 0.265. The van der Waals surface area contributed by atoms with Crippen LogP contribution in [0.2, 0.25) is 0 Å². The molecule has 138 valence electrons. The van der Waals surface area contributed by atoms with Gasteiger partial charge < -0.3 is 10.1 Å². The summed E-state index contributed by atoms with van der Waals surface area (Å²) in [5, 5.41) is 3.90. The van der Waals surface area contributed by atoms with E-state index in [-0.39, 0.29) is 11.9 Å². The van der Waals surface area contributed by atoms with Crippen LogP contribution in [0.15, 0.2) is 48.7 Å². The summed E-state index contributed by atoms with van der Waals surface area (Å²) >= 11 is 0. The van der Waals surface area contributed by atoms with Crippen molar-refractivity contribution in [1.82, 2.24) is 4.98 Å². The Labute approximate surface area is 156 Å². The molecule has 0 aliphatic carbocycles. The standard InChI is InChI=1S/C21H20FN3O2/c1-2-27-21(26)25-11-9-14-12-16(6-8-19(14)25)24-13-15-5-7-18(22)17-4-3-10-23-20(15)17/h3-8,10,12,24H,2,9,11,13H2,1H3. The molecule has 0 saturated carbocycles. The maximum Gasteiger partial charge on any atom is 0.414 e. The quantitative estimate of drug-likeness (QED) is 0.739. The van der Waals surface area contributed by atoms with E-state index in [2.05, 4.69) is 10.3 Å². The largest absolute Gasteiger partial charge is 0.449 e. The number of halogens is 1. The Morgan fingerprint density at radius 2 is 2.19 bits per heavy atom. The number of anilines is 2. The highest BCUT2D eigenvalue weighted by Crippen LogP contribution is 2.31. The molecule has 0 radical (unpaired) electrons. The van der Waals surface area contributed by atoms with Crippen LogP contribution in [0, 0.1) is 5.82 Å². The van der Waals surface area contributed by atoms with Crippen LogP contribution in [0.5, 0.6) is 0 Å². The topological polar surface area (TPSA) is 54.5 Å². The number of aromatic nitrogens is 1. The van der Waals surface area contributed by atoms with Gasteiger partial charge in [-0.15, -0.1) is 0 Å². The number of benzene rings is 2. The summed E-state index contributed by atoms with van der Waals surface area (Å²) in [7, 11) is 0. The van der Waals surface area contributed by atoms with Crippen molar-refractivity contribution in [2.24, 2.45) is 0 Å². The van der Waals surface area contributed by atoms with E-state index in [0.717, 1.165) is 28.9 Å². The number of hydrogen-bond acceptors (Lipinski definition) is 4. The summed E-state index contributed by atoms with van der Waals surface area (Å²) in [4.78, 5) is 18.0. The number of fused-ring (bicyclic) bond motifs is 2. The van der Waals surface area contributed by atoms with Gasteiger partial charge in [-0.25, -0.2) is 9.18 Å². The third kappa shape index (κ3) is 3.30. The molecule has 2 aromatic carbocycles. The second-order valence-electron chi connectivity index (χ2n) is 6.40. The lowest BCUT2D eigenvalue weighted by atomic mass is 10.1. The molecule has 27 heavy (non-hydrogen) atoms. The number of carbonyl (C=O) groups excluding carboxylic acids is 1. The number of pyridine rings is 1. The summed E-state index contributed by atoms with van der Waals surface area (Å²) in [6, 6.07) is 12.6. The van der Waals surface area contributed by atoms with Gasteiger partial charge in [0.15, 0.2) is 0 Å². The number of nitrogens with one attached hydrogen (secondary N) is 1. The lowest BCUT2D eigenvalue weighted by Crippen LogP contribution is -2.29. The molecule has 1 amide bonds. The molecular weight excluding hydrogens is 345 g/mol. The lowest BCUT2D eigenvalue weighted by molar-refractivity contribution is 0.160. The molecule has 0 atom stereocenters. The van der Waals surface area contributed by atoms with Crippen molar-refractivity contribution in [1.29, 1.82) is 0 Å². The Kier molecular flexibility index (Phi) is 4.62. The number of rotatable bonds is 4. The predicted molar refractivity (Wildman–Crippen MR) is 104 cm³/mol. The Hall–Kier alpha value is -3.15. The molecule has 1 aliphatic heterocycles. The van der Waals surface area contributed by atoms with Gasteiger partial charge in [0.05, 0.1) is 17.8 Å². The van der Waals surface area contributed by atoms with Crippen molar-refractivity contribution >= 4 is 28.4 Å². The Balaban J connectivity index is 1.52. The molecule has 0 saturated heterocycles. The van der Waals surface area contributed by atoms with Gasteiger partial charge >= 0.3 is 6.09 Å². The second kappa shape index (κ2) is 7.23. The van der Waals surface area contributed by atoms with Crippen LogP contribution in [-0.4, -0.2) is 24.2 Å². The molecule has 3 aromatic rings. The average Bonchev–Trinajstić information content (AvgIpc) is 3.11. The van der Waals surface area contributed by atoms with Crippen LogP contribution in [-0.2, 0) is 17.7 Å². The van der Waals surface area contributed by atoms with Crippen LogP contribution < -0.4 is 10.2 Å². The van der Waals surface area contributed by atoms with Gasteiger partial charge in [0.2, 0.25) is 0 Å². The molecule has 0 unspecified atom stereocenters. The van der Waals surface area contributed by atoms with Gasteiger partial charge in [-0.3, -0.25) is 9.88 Å². The van der Waals surface area contributed by atoms with E-state index in [9.17, 15) is 9.18 Å². The lowest BCUT2D eigenvalue weighted by Gasteiger charge is -2.17. The first-order chi connectivity index (χ1) is 13.2. The normalized spacial score (nSPS) is 12.9. The third-order valence-corrected chi connectivity index (χ3v) is 4.75. The van der Waals surface area contributed by atoms with Crippen molar-refractivity contribution in [3.8, 4) is 0 Å². The molecule has 0 spiro atoms. The zero-order chi connectivity index (χ0) is 18.8. The van der Waals surface area contributed by atoms with E-state index in [1.807, 2.05) is 18.2 Å². The third-order valence-electron chi connectivity index (χ3n) is 4.75. The second-order valence-corrected chi connectivity index (χ2v) is 6.40. The smallest absolute Gasteiger partial charge is 0.414 e. The number of nitrogens with zero attached hydrogens (tertiary/aromatic N) is 2. The van der Waals surface area contributed by atoms with E-state index in [0.29, 0.717) is 30.6 Å². The fourth-order valence-corrected chi connectivity index (χ4v) is 3.44. The zero-order valence-electron chi connectivity index (χ0n) is 15.0. The van der Waals surface area contributed by atoms with Crippen molar-refractivity contribution in [2.45, 2.75) is 19.9 Å². The van der Waals surface area contributed by atoms with E-state index in [1.165, 1.54) is 6.07 Å². The maximum atomic E-state index is 13.9. The first kappa shape index (κ1) is 17.3. The van der Waals surface area contributed by atoms with E-state index in [4.69, 9.17) is 4.74 Å². The highest BCUT2D eigenvalue weighted by molar-refractivity contribution is 5.90. The van der Waals surface area contributed by atoms with E-state index >= 15 is 0 Å². The van der Waals surface area contributed by atoms with Crippen LogP contribution in [0.25, 0.3) is 10.9 Å². The molecule has 1 aromatic heterocycles. The van der Waals surface area contributed by atoms with E-state index < -0.39 is 0 Å². The molecule has 2 heterocycles. The van der Waals surface area contributed by atoms with Crippen LogP contribution in [0.4, 0.5) is 20.6 Å². The molecule has 0 fully saturated rings. The number of ether oxygens (including phenoxy) is 1. The van der Waals surface area contributed by atoms with Crippen molar-refractivity contribution in [2.75, 3.05) is 23.4 Å². The Morgan fingerprint density at radius 1 is 1.30 bits per heavy atom. The maximum absolute atomic E-state index is 13.9. The first-order valence-corrected chi connectivity index (χ1v) is 9.00. The minimum Gasteiger partial charge on any atom is -0.449 e. The number of hydrogen-bond donors (Lipinski definition) is 1. The minimum atomic E-state index is -0.305. The van der Waals surface area contributed by atoms with Gasteiger partial charge in [-0.2, -0.15) is 0 Å². The van der Waals surface area contributed by atoms with Gasteiger partial charge in [0, 0.05) is 30.4 Å². The van der Waals surface area contributed by atoms with Crippen LogP contribution in [0.1, 0.15) is 18.1 Å². The SMILES string of the molecule is CCOC(=O)N1CCc2cc(NCc3ccc(F)c4cccnc34)ccc21. The predicted octanol–water partition coefficient (Wildman–Crippen LogP) is 4.51. The summed E-state index contributed by atoms with van der Waals surface area (Å²) < 4.78 is 19.0. The molecule has 0 bridgehead atoms. The fraction of sp³-hybridized carbons (Fsp3) is 0.238. The van der Waals surface area contributed by atoms with Crippen molar-refractivity contribution < 1.29 is 13.9 Å². The van der Waals surface area contributed by atoms with E-state index in [1.54, 1.807) is 36.2 Å².